The zero-order valence-electron chi connectivity index (χ0n) is 13.0. The number of nitrogens with one attached hydrogen (secondary N) is 1. The van der Waals surface area contributed by atoms with Gasteiger partial charge in [0.2, 0.25) is 0 Å². The number of fused-ring (bicyclic) bond motifs is 1. The molecule has 4 rings (SSSR count). The van der Waals surface area contributed by atoms with Gasteiger partial charge < -0.3 is 14.5 Å². The zero-order valence-corrected chi connectivity index (χ0v) is 13.0. The standard InChI is InChI=1S/C18H15FN2O3/c1-9-2-3-11(6-13(9)19)14-8-21-7-12(18(23)24)15(10-4-5-10)16(21)17(22)20-14/h2-3,6-8,10H,4-5H2,1H3,(H,20,22)(H,23,24). The molecule has 0 amide bonds. The molecule has 2 aromatic heterocycles. The Morgan fingerprint density at radius 1 is 1.33 bits per heavy atom. The SMILES string of the molecule is Cc1ccc(-c2cn3cc(C(=O)O)c(C4CC4)c3c(=O)[nH]2)cc1F. The van der Waals surface area contributed by atoms with Crippen LogP contribution < -0.4 is 5.56 Å². The van der Waals surface area contributed by atoms with Gasteiger partial charge in [0.25, 0.3) is 5.56 Å². The minimum atomic E-state index is -1.04. The van der Waals surface area contributed by atoms with Crippen molar-refractivity contribution in [1.82, 2.24) is 9.38 Å². The van der Waals surface area contributed by atoms with Crippen LogP contribution in [0.3, 0.4) is 0 Å². The number of carboxylic acids is 1. The molecule has 0 atom stereocenters. The molecule has 0 saturated heterocycles. The van der Waals surface area contributed by atoms with Crippen molar-refractivity contribution in [1.29, 1.82) is 0 Å². The van der Waals surface area contributed by atoms with Gasteiger partial charge in [-0.2, -0.15) is 0 Å². The quantitative estimate of drug-likeness (QED) is 0.775. The number of benzene rings is 1. The van der Waals surface area contributed by atoms with Crippen LogP contribution in [0.25, 0.3) is 16.8 Å². The number of rotatable bonds is 3. The number of aromatic amines is 1. The van der Waals surface area contributed by atoms with Crippen LogP contribution in [0, 0.1) is 12.7 Å². The number of halogens is 1. The Kier molecular flexibility index (Phi) is 3.09. The molecule has 1 fully saturated rings. The fraction of sp³-hybridized carbons (Fsp3) is 0.222. The van der Waals surface area contributed by atoms with Crippen LogP contribution in [0.5, 0.6) is 0 Å². The molecular weight excluding hydrogens is 311 g/mol. The molecule has 1 saturated carbocycles. The molecule has 24 heavy (non-hydrogen) atoms. The van der Waals surface area contributed by atoms with Crippen LogP contribution in [0.15, 0.2) is 35.4 Å². The van der Waals surface area contributed by atoms with E-state index in [1.54, 1.807) is 29.7 Å². The first-order valence-corrected chi connectivity index (χ1v) is 7.73. The summed E-state index contributed by atoms with van der Waals surface area (Å²) < 4.78 is 15.3. The van der Waals surface area contributed by atoms with Crippen LogP contribution in [-0.4, -0.2) is 20.5 Å². The summed E-state index contributed by atoms with van der Waals surface area (Å²) in [5.74, 6) is -1.27. The first-order chi connectivity index (χ1) is 11.5. The van der Waals surface area contributed by atoms with E-state index in [1.165, 1.54) is 12.3 Å². The second-order valence-electron chi connectivity index (χ2n) is 6.25. The lowest BCUT2D eigenvalue weighted by Gasteiger charge is -2.06. The first kappa shape index (κ1) is 14.7. The maximum Gasteiger partial charge on any atom is 0.337 e. The molecule has 3 aromatic rings. The van der Waals surface area contributed by atoms with Crippen molar-refractivity contribution in [2.75, 3.05) is 0 Å². The summed E-state index contributed by atoms with van der Waals surface area (Å²) in [7, 11) is 0. The van der Waals surface area contributed by atoms with Crippen molar-refractivity contribution < 1.29 is 14.3 Å². The number of aryl methyl sites for hydroxylation is 1. The number of H-pyrrole nitrogens is 1. The summed E-state index contributed by atoms with van der Waals surface area (Å²) in [6, 6.07) is 4.72. The van der Waals surface area contributed by atoms with Crippen molar-refractivity contribution in [3.05, 3.63) is 63.5 Å². The number of carboxylic acid groups (broad SMARTS) is 1. The van der Waals surface area contributed by atoms with Crippen molar-refractivity contribution in [2.45, 2.75) is 25.7 Å². The normalized spacial score (nSPS) is 14.2. The topological polar surface area (TPSA) is 74.6 Å². The van der Waals surface area contributed by atoms with Gasteiger partial charge in [0.15, 0.2) is 0 Å². The summed E-state index contributed by atoms with van der Waals surface area (Å²) in [5, 5.41) is 9.41. The van der Waals surface area contributed by atoms with Gasteiger partial charge in [-0.25, -0.2) is 9.18 Å². The smallest absolute Gasteiger partial charge is 0.337 e. The molecule has 6 heteroatoms. The Bertz CT molecular complexity index is 1040. The zero-order chi connectivity index (χ0) is 17.0. The Morgan fingerprint density at radius 2 is 2.08 bits per heavy atom. The lowest BCUT2D eigenvalue weighted by Crippen LogP contribution is -2.12. The van der Waals surface area contributed by atoms with Crippen LogP contribution in [0.2, 0.25) is 0 Å². The highest BCUT2D eigenvalue weighted by Crippen LogP contribution is 2.43. The summed E-state index contributed by atoms with van der Waals surface area (Å²) in [6.07, 6.45) is 4.89. The van der Waals surface area contributed by atoms with Crippen molar-refractivity contribution in [3.63, 3.8) is 0 Å². The largest absolute Gasteiger partial charge is 0.478 e. The molecule has 5 nitrogen and oxygen atoms in total. The third kappa shape index (κ3) is 2.22. The second-order valence-corrected chi connectivity index (χ2v) is 6.25. The van der Waals surface area contributed by atoms with E-state index in [-0.39, 0.29) is 22.9 Å². The molecule has 0 unspecified atom stereocenters. The molecule has 0 bridgehead atoms. The van der Waals surface area contributed by atoms with Crippen molar-refractivity contribution in [2.24, 2.45) is 0 Å². The fourth-order valence-corrected chi connectivity index (χ4v) is 3.10. The fourth-order valence-electron chi connectivity index (χ4n) is 3.10. The predicted octanol–water partition coefficient (Wildman–Crippen LogP) is 3.32. The van der Waals surface area contributed by atoms with Gasteiger partial charge in [0.05, 0.1) is 11.3 Å². The number of nitrogens with zero attached hydrogens (tertiary/aromatic N) is 1. The average Bonchev–Trinajstić information content (AvgIpc) is 3.29. The van der Waals surface area contributed by atoms with Gasteiger partial charge in [0.1, 0.15) is 11.3 Å². The molecule has 1 aliphatic rings. The van der Waals surface area contributed by atoms with Crippen LogP contribution in [-0.2, 0) is 0 Å². The first-order valence-electron chi connectivity index (χ1n) is 7.73. The Labute approximate surface area is 136 Å². The second kappa shape index (κ2) is 5.06. The third-order valence-corrected chi connectivity index (χ3v) is 4.50. The van der Waals surface area contributed by atoms with Crippen LogP contribution in [0.4, 0.5) is 4.39 Å². The molecule has 122 valence electrons. The highest BCUT2D eigenvalue weighted by molar-refractivity contribution is 5.93. The summed E-state index contributed by atoms with van der Waals surface area (Å²) in [5.41, 5.74) is 2.28. The number of hydrogen-bond donors (Lipinski definition) is 2. The Balaban J connectivity index is 1.96. The Hall–Kier alpha value is -2.89. The molecule has 1 aromatic carbocycles. The molecule has 2 heterocycles. The van der Waals surface area contributed by atoms with Crippen molar-refractivity contribution >= 4 is 11.5 Å². The van der Waals surface area contributed by atoms with Gasteiger partial charge in [-0.15, -0.1) is 0 Å². The van der Waals surface area contributed by atoms with Crippen molar-refractivity contribution in [3.8, 4) is 11.3 Å². The van der Waals surface area contributed by atoms with E-state index in [0.717, 1.165) is 12.8 Å². The van der Waals surface area contributed by atoms with Gasteiger partial charge >= 0.3 is 5.97 Å². The van der Waals surface area contributed by atoms with E-state index >= 15 is 0 Å². The molecular formula is C18H15FN2O3. The van der Waals surface area contributed by atoms with Gasteiger partial charge in [-0.05, 0) is 37.3 Å². The van der Waals surface area contributed by atoms with E-state index in [2.05, 4.69) is 4.98 Å². The maximum atomic E-state index is 13.8. The third-order valence-electron chi connectivity index (χ3n) is 4.50. The lowest BCUT2D eigenvalue weighted by molar-refractivity contribution is 0.0696. The van der Waals surface area contributed by atoms with Gasteiger partial charge in [-0.1, -0.05) is 12.1 Å². The van der Waals surface area contributed by atoms with Crippen LogP contribution in [0.1, 0.15) is 40.2 Å². The van der Waals surface area contributed by atoms with E-state index in [1.807, 2.05) is 0 Å². The number of aromatic nitrogens is 2. The number of hydrogen-bond acceptors (Lipinski definition) is 2. The molecule has 0 spiro atoms. The molecule has 1 aliphatic carbocycles. The minimum Gasteiger partial charge on any atom is -0.478 e. The summed E-state index contributed by atoms with van der Waals surface area (Å²) in [4.78, 5) is 26.8. The predicted molar refractivity (Wildman–Crippen MR) is 87.1 cm³/mol. The highest BCUT2D eigenvalue weighted by atomic mass is 19.1. The average molecular weight is 326 g/mol. The van der Waals surface area contributed by atoms with E-state index in [9.17, 15) is 19.1 Å². The molecule has 0 radical (unpaired) electrons. The highest BCUT2D eigenvalue weighted by Gasteiger charge is 2.32. The van der Waals surface area contributed by atoms with E-state index in [4.69, 9.17) is 0 Å². The molecule has 0 aliphatic heterocycles. The maximum absolute atomic E-state index is 13.8. The summed E-state index contributed by atoms with van der Waals surface area (Å²) in [6.45, 7) is 1.66. The van der Waals surface area contributed by atoms with E-state index in [0.29, 0.717) is 27.9 Å². The van der Waals surface area contributed by atoms with Crippen LogP contribution >= 0.6 is 0 Å². The number of carbonyl (C=O) groups is 1. The summed E-state index contributed by atoms with van der Waals surface area (Å²) >= 11 is 0. The lowest BCUT2D eigenvalue weighted by atomic mass is 10.1. The molecule has 2 N–H and O–H groups in total. The van der Waals surface area contributed by atoms with E-state index < -0.39 is 5.97 Å². The van der Waals surface area contributed by atoms with Gasteiger partial charge in [-0.3, -0.25) is 4.79 Å². The Morgan fingerprint density at radius 3 is 2.71 bits per heavy atom. The monoisotopic (exact) mass is 326 g/mol. The number of aromatic carboxylic acids is 1. The minimum absolute atomic E-state index is 0.130. The van der Waals surface area contributed by atoms with Gasteiger partial charge in [0, 0.05) is 23.5 Å².